The second-order valence-electron chi connectivity index (χ2n) is 4.15. The second-order valence-corrected chi connectivity index (χ2v) is 4.15. The lowest BCUT2D eigenvalue weighted by Crippen LogP contribution is -2.24. The zero-order chi connectivity index (χ0) is 12.0. The summed E-state index contributed by atoms with van der Waals surface area (Å²) >= 11 is 0. The van der Waals surface area contributed by atoms with Crippen LogP contribution in [0.4, 0.5) is 4.39 Å². The maximum Gasteiger partial charge on any atom is 0.123 e. The van der Waals surface area contributed by atoms with Gasteiger partial charge in [0.15, 0.2) is 0 Å². The van der Waals surface area contributed by atoms with E-state index in [1.807, 2.05) is 13.8 Å². The predicted molar refractivity (Wildman–Crippen MR) is 63.9 cm³/mol. The van der Waals surface area contributed by atoms with E-state index in [2.05, 4.69) is 12.2 Å². The third kappa shape index (κ3) is 4.73. The van der Waals surface area contributed by atoms with Crippen LogP contribution in [-0.4, -0.2) is 19.3 Å². The van der Waals surface area contributed by atoms with Crippen molar-refractivity contribution in [2.24, 2.45) is 0 Å². The summed E-state index contributed by atoms with van der Waals surface area (Å²) in [7, 11) is 0. The molecule has 0 aromatic heterocycles. The van der Waals surface area contributed by atoms with Crippen molar-refractivity contribution in [1.29, 1.82) is 0 Å². The first-order valence-corrected chi connectivity index (χ1v) is 5.70. The van der Waals surface area contributed by atoms with E-state index < -0.39 is 0 Å². The maximum atomic E-state index is 12.7. The topological polar surface area (TPSA) is 21.3 Å². The van der Waals surface area contributed by atoms with Gasteiger partial charge < -0.3 is 10.1 Å². The van der Waals surface area contributed by atoms with Crippen molar-refractivity contribution in [2.45, 2.75) is 32.9 Å². The quantitative estimate of drug-likeness (QED) is 0.752. The molecule has 1 N–H and O–H groups in total. The van der Waals surface area contributed by atoms with Gasteiger partial charge in [0.2, 0.25) is 0 Å². The van der Waals surface area contributed by atoms with E-state index >= 15 is 0 Å². The first kappa shape index (κ1) is 13.1. The highest BCUT2D eigenvalue weighted by Gasteiger charge is 2.04. The largest absolute Gasteiger partial charge is 0.377 e. The Morgan fingerprint density at radius 3 is 2.38 bits per heavy atom. The Labute approximate surface area is 96.8 Å². The van der Waals surface area contributed by atoms with Gasteiger partial charge in [-0.3, -0.25) is 0 Å². The van der Waals surface area contributed by atoms with E-state index in [0.29, 0.717) is 6.61 Å². The van der Waals surface area contributed by atoms with Crippen LogP contribution in [-0.2, 0) is 4.74 Å². The van der Waals surface area contributed by atoms with Crippen LogP contribution in [0.5, 0.6) is 0 Å². The van der Waals surface area contributed by atoms with Gasteiger partial charge in [0, 0.05) is 12.6 Å². The van der Waals surface area contributed by atoms with Crippen molar-refractivity contribution in [1.82, 2.24) is 5.32 Å². The zero-order valence-electron chi connectivity index (χ0n) is 10.2. The molecule has 0 spiro atoms. The van der Waals surface area contributed by atoms with Gasteiger partial charge in [-0.15, -0.1) is 0 Å². The van der Waals surface area contributed by atoms with Gasteiger partial charge in [0.05, 0.1) is 12.7 Å². The Morgan fingerprint density at radius 2 is 1.81 bits per heavy atom. The van der Waals surface area contributed by atoms with Crippen molar-refractivity contribution in [3.8, 4) is 0 Å². The third-order valence-corrected chi connectivity index (χ3v) is 2.37. The molecule has 0 aliphatic heterocycles. The van der Waals surface area contributed by atoms with Crippen LogP contribution in [0.25, 0.3) is 0 Å². The van der Waals surface area contributed by atoms with Gasteiger partial charge >= 0.3 is 0 Å². The zero-order valence-corrected chi connectivity index (χ0v) is 10.2. The van der Waals surface area contributed by atoms with E-state index in [-0.39, 0.29) is 18.0 Å². The molecule has 16 heavy (non-hydrogen) atoms. The monoisotopic (exact) mass is 225 g/mol. The second kappa shape index (κ2) is 6.61. The van der Waals surface area contributed by atoms with Crippen LogP contribution in [0.15, 0.2) is 24.3 Å². The summed E-state index contributed by atoms with van der Waals surface area (Å²) in [4.78, 5) is 0. The Morgan fingerprint density at radius 1 is 1.19 bits per heavy atom. The minimum absolute atomic E-state index is 0.195. The van der Waals surface area contributed by atoms with Crippen molar-refractivity contribution in [3.63, 3.8) is 0 Å². The molecule has 0 saturated carbocycles. The summed E-state index contributed by atoms with van der Waals surface area (Å²) in [5, 5.41) is 3.33. The Balaban J connectivity index is 2.29. The van der Waals surface area contributed by atoms with E-state index in [4.69, 9.17) is 4.74 Å². The van der Waals surface area contributed by atoms with E-state index in [9.17, 15) is 4.39 Å². The molecule has 0 bridgehead atoms. The molecule has 0 radical (unpaired) electrons. The fourth-order valence-electron chi connectivity index (χ4n) is 1.44. The summed E-state index contributed by atoms with van der Waals surface area (Å²) in [5.74, 6) is -0.195. The molecular formula is C13H20FNO. The molecule has 1 aromatic rings. The Bertz CT molecular complexity index is 297. The fraction of sp³-hybridized carbons (Fsp3) is 0.538. The molecule has 0 heterocycles. The molecule has 0 saturated heterocycles. The molecule has 2 nitrogen and oxygen atoms in total. The van der Waals surface area contributed by atoms with Crippen LogP contribution < -0.4 is 5.32 Å². The van der Waals surface area contributed by atoms with Gasteiger partial charge in [-0.25, -0.2) is 4.39 Å². The van der Waals surface area contributed by atoms with Gasteiger partial charge in [-0.2, -0.15) is 0 Å². The van der Waals surface area contributed by atoms with Crippen LogP contribution in [0.3, 0.4) is 0 Å². The number of halogens is 1. The first-order valence-electron chi connectivity index (χ1n) is 5.70. The molecule has 0 aliphatic rings. The molecular weight excluding hydrogens is 205 g/mol. The predicted octanol–water partition coefficient (Wildman–Crippen LogP) is 2.90. The standard InChI is InChI=1S/C13H20FNO/c1-10(2)16-9-8-15-11(3)12-4-6-13(14)7-5-12/h4-7,10-11,15H,8-9H2,1-3H3. The molecule has 0 fully saturated rings. The molecule has 90 valence electrons. The van der Waals surface area contributed by atoms with Crippen molar-refractivity contribution < 1.29 is 9.13 Å². The van der Waals surface area contributed by atoms with E-state index in [0.717, 1.165) is 12.1 Å². The average Bonchev–Trinajstić information content (AvgIpc) is 2.25. The maximum absolute atomic E-state index is 12.7. The number of benzene rings is 1. The molecule has 1 unspecified atom stereocenters. The lowest BCUT2D eigenvalue weighted by atomic mass is 10.1. The molecule has 3 heteroatoms. The molecule has 1 atom stereocenters. The molecule has 1 aromatic carbocycles. The lowest BCUT2D eigenvalue weighted by Gasteiger charge is -2.15. The highest BCUT2D eigenvalue weighted by Crippen LogP contribution is 2.12. The number of hydrogen-bond acceptors (Lipinski definition) is 2. The van der Waals surface area contributed by atoms with Crippen LogP contribution in [0.1, 0.15) is 32.4 Å². The van der Waals surface area contributed by atoms with Crippen LogP contribution in [0.2, 0.25) is 0 Å². The highest BCUT2D eigenvalue weighted by molar-refractivity contribution is 5.19. The average molecular weight is 225 g/mol. The highest BCUT2D eigenvalue weighted by atomic mass is 19.1. The van der Waals surface area contributed by atoms with Crippen LogP contribution in [0, 0.1) is 5.82 Å². The number of rotatable bonds is 6. The van der Waals surface area contributed by atoms with Gasteiger partial charge in [0.1, 0.15) is 5.82 Å². The van der Waals surface area contributed by atoms with Gasteiger partial charge in [-0.05, 0) is 38.5 Å². The Kier molecular flexibility index (Phi) is 5.43. The molecule has 0 amide bonds. The van der Waals surface area contributed by atoms with Gasteiger partial charge in [0.25, 0.3) is 0 Å². The summed E-state index contributed by atoms with van der Waals surface area (Å²) in [6.45, 7) is 7.59. The van der Waals surface area contributed by atoms with E-state index in [1.54, 1.807) is 12.1 Å². The summed E-state index contributed by atoms with van der Waals surface area (Å²) in [6, 6.07) is 6.79. The fourth-order valence-corrected chi connectivity index (χ4v) is 1.44. The summed E-state index contributed by atoms with van der Waals surface area (Å²) in [5.41, 5.74) is 1.09. The normalized spacial score (nSPS) is 13.1. The SMILES string of the molecule is CC(C)OCCNC(C)c1ccc(F)cc1. The lowest BCUT2D eigenvalue weighted by molar-refractivity contribution is 0.0796. The molecule has 0 aliphatic carbocycles. The van der Waals surface area contributed by atoms with Crippen molar-refractivity contribution >= 4 is 0 Å². The number of ether oxygens (including phenoxy) is 1. The van der Waals surface area contributed by atoms with Crippen molar-refractivity contribution in [3.05, 3.63) is 35.6 Å². The minimum atomic E-state index is -0.195. The summed E-state index contributed by atoms with van der Waals surface area (Å²) in [6.07, 6.45) is 0.267. The van der Waals surface area contributed by atoms with Crippen molar-refractivity contribution in [2.75, 3.05) is 13.2 Å². The first-order chi connectivity index (χ1) is 7.59. The minimum Gasteiger partial charge on any atom is -0.377 e. The Hall–Kier alpha value is -0.930. The summed E-state index contributed by atoms with van der Waals surface area (Å²) < 4.78 is 18.1. The van der Waals surface area contributed by atoms with Gasteiger partial charge in [-0.1, -0.05) is 12.1 Å². The van der Waals surface area contributed by atoms with E-state index in [1.165, 1.54) is 12.1 Å². The van der Waals surface area contributed by atoms with Crippen LogP contribution >= 0.6 is 0 Å². The number of hydrogen-bond donors (Lipinski definition) is 1. The third-order valence-electron chi connectivity index (χ3n) is 2.37. The molecule has 1 rings (SSSR count). The number of nitrogens with one attached hydrogen (secondary N) is 1. The smallest absolute Gasteiger partial charge is 0.123 e.